The van der Waals surface area contributed by atoms with Gasteiger partial charge in [-0.05, 0) is 63.3 Å². The number of nitrogens with one attached hydrogen (secondary N) is 2. The Morgan fingerprint density at radius 1 is 1.24 bits per heavy atom. The van der Waals surface area contributed by atoms with Crippen LogP contribution < -0.4 is 5.32 Å². The molecule has 1 aliphatic heterocycles. The van der Waals surface area contributed by atoms with Crippen molar-refractivity contribution in [3.8, 4) is 12.3 Å². The normalized spacial score (nSPS) is 19.4. The van der Waals surface area contributed by atoms with Crippen LogP contribution in [0.1, 0.15) is 74.7 Å². The maximum absolute atomic E-state index is 12.9. The lowest BCUT2D eigenvalue weighted by molar-refractivity contribution is 0.0580. The molecule has 0 saturated carbocycles. The molecule has 0 aromatic carbocycles. The van der Waals surface area contributed by atoms with Crippen LogP contribution in [0.25, 0.3) is 5.57 Å². The molecule has 1 amide bonds. The second-order valence-corrected chi connectivity index (χ2v) is 10.8. The molecule has 2 N–H and O–H groups in total. The summed E-state index contributed by atoms with van der Waals surface area (Å²) in [5, 5.41) is 3.02. The number of carbonyl (C=O) groups excluding carboxylic acids is 1. The molecule has 0 unspecified atom stereocenters. The number of anilines is 1. The molecule has 0 spiro atoms. The van der Waals surface area contributed by atoms with Crippen LogP contribution in [0.5, 0.6) is 0 Å². The first-order valence-corrected chi connectivity index (χ1v) is 12.1. The highest BCUT2D eigenvalue weighted by atomic mass is 16.2. The van der Waals surface area contributed by atoms with Gasteiger partial charge in [0, 0.05) is 26.2 Å². The van der Waals surface area contributed by atoms with E-state index in [2.05, 4.69) is 71.8 Å². The van der Waals surface area contributed by atoms with E-state index < -0.39 is 0 Å². The lowest BCUT2D eigenvalue weighted by atomic mass is 9.77. The monoisotopic (exact) mass is 460 g/mol. The van der Waals surface area contributed by atoms with Gasteiger partial charge in [-0.15, -0.1) is 6.42 Å². The molecule has 2 aromatic rings. The number of rotatable bonds is 5. The quantitative estimate of drug-likeness (QED) is 0.657. The maximum Gasteiger partial charge on any atom is 0.291 e. The van der Waals surface area contributed by atoms with Gasteiger partial charge < -0.3 is 15.2 Å². The number of hydrogen-bond acceptors (Lipinski definition) is 5. The molecule has 0 bridgehead atoms. The lowest BCUT2D eigenvalue weighted by Crippen LogP contribution is -2.52. The molecule has 7 nitrogen and oxygen atoms in total. The van der Waals surface area contributed by atoms with Crippen LogP contribution in [-0.2, 0) is 5.54 Å². The molecule has 1 saturated heterocycles. The summed E-state index contributed by atoms with van der Waals surface area (Å²) in [4.78, 5) is 29.9. The predicted molar refractivity (Wildman–Crippen MR) is 136 cm³/mol. The number of amides is 1. The fourth-order valence-corrected chi connectivity index (χ4v) is 4.66. The Kier molecular flexibility index (Phi) is 6.66. The Morgan fingerprint density at radius 2 is 1.97 bits per heavy atom. The van der Waals surface area contributed by atoms with E-state index >= 15 is 0 Å². The van der Waals surface area contributed by atoms with Crippen molar-refractivity contribution < 1.29 is 4.79 Å². The Bertz CT molecular complexity index is 1130. The molecule has 180 valence electrons. The van der Waals surface area contributed by atoms with E-state index in [0.29, 0.717) is 11.4 Å². The van der Waals surface area contributed by atoms with Crippen molar-refractivity contribution in [1.29, 1.82) is 0 Å². The molecule has 7 heteroatoms. The number of pyridine rings is 1. The molecule has 3 heterocycles. The van der Waals surface area contributed by atoms with Crippen LogP contribution in [0.4, 0.5) is 5.69 Å². The topological polar surface area (TPSA) is 77.2 Å². The van der Waals surface area contributed by atoms with Gasteiger partial charge >= 0.3 is 0 Å². The first-order valence-electron chi connectivity index (χ1n) is 12.1. The Labute approximate surface area is 203 Å². The minimum absolute atomic E-state index is 0.194. The number of likely N-dealkylation sites (N-methyl/N-ethyl adjacent to an activating group) is 1. The van der Waals surface area contributed by atoms with Gasteiger partial charge in [0.2, 0.25) is 0 Å². The number of nitrogens with zero attached hydrogens (tertiary/aromatic N) is 4. The number of aromatic nitrogens is 3. The first-order chi connectivity index (χ1) is 16.1. The second-order valence-electron chi connectivity index (χ2n) is 10.8. The number of allylic oxidation sites excluding steroid dienone is 2. The largest absolute Gasteiger partial charge is 0.327 e. The van der Waals surface area contributed by atoms with Gasteiger partial charge in [-0.1, -0.05) is 25.8 Å². The summed E-state index contributed by atoms with van der Waals surface area (Å²) in [7, 11) is 2.17. The van der Waals surface area contributed by atoms with E-state index in [4.69, 9.17) is 11.4 Å². The van der Waals surface area contributed by atoms with E-state index in [9.17, 15) is 4.79 Å². The number of imidazole rings is 1. The van der Waals surface area contributed by atoms with Crippen molar-refractivity contribution in [2.24, 2.45) is 5.41 Å². The number of aromatic amines is 1. The van der Waals surface area contributed by atoms with Crippen molar-refractivity contribution in [1.82, 2.24) is 24.8 Å². The third-order valence-electron chi connectivity index (χ3n) is 7.29. The highest BCUT2D eigenvalue weighted by Gasteiger charge is 2.33. The van der Waals surface area contributed by atoms with E-state index in [1.54, 1.807) is 0 Å². The molecule has 0 atom stereocenters. The van der Waals surface area contributed by atoms with E-state index in [1.165, 1.54) is 11.8 Å². The van der Waals surface area contributed by atoms with Crippen LogP contribution in [0.15, 0.2) is 24.4 Å². The van der Waals surface area contributed by atoms with Crippen molar-refractivity contribution in [3.05, 3.63) is 47.3 Å². The van der Waals surface area contributed by atoms with Crippen molar-refractivity contribution in [2.45, 2.75) is 52.5 Å². The summed E-state index contributed by atoms with van der Waals surface area (Å²) in [5.74, 6) is 2.34. The van der Waals surface area contributed by atoms with Gasteiger partial charge in [0.15, 0.2) is 5.82 Å². The summed E-state index contributed by atoms with van der Waals surface area (Å²) in [6.45, 7) is 13.2. The van der Waals surface area contributed by atoms with Gasteiger partial charge in [0.25, 0.3) is 5.91 Å². The highest BCUT2D eigenvalue weighted by Crippen LogP contribution is 2.40. The number of hydrogen-bond donors (Lipinski definition) is 2. The zero-order valence-electron chi connectivity index (χ0n) is 21.0. The summed E-state index contributed by atoms with van der Waals surface area (Å²) < 4.78 is 0. The predicted octanol–water partition coefficient (Wildman–Crippen LogP) is 4.11. The number of H-pyrrole nitrogens is 1. The van der Waals surface area contributed by atoms with Crippen molar-refractivity contribution >= 4 is 17.2 Å². The SMILES string of the molecule is C#Cc1cnc(C(=O)Nc2ccc(C(C)(C)N3CCN(C)CC3)nc2C2=CCC(C)(C)CC2)[nH]1. The smallest absolute Gasteiger partial charge is 0.291 e. The Hall–Kier alpha value is -2.95. The van der Waals surface area contributed by atoms with E-state index in [-0.39, 0.29) is 22.7 Å². The van der Waals surface area contributed by atoms with Crippen LogP contribution in [0.2, 0.25) is 0 Å². The first kappa shape index (κ1) is 24.2. The lowest BCUT2D eigenvalue weighted by Gasteiger charge is -2.43. The zero-order valence-corrected chi connectivity index (χ0v) is 21.0. The fraction of sp³-hybridized carbons (Fsp3) is 0.519. The molecule has 4 rings (SSSR count). The molecule has 0 radical (unpaired) electrons. The zero-order chi connectivity index (χ0) is 24.5. The van der Waals surface area contributed by atoms with E-state index in [1.807, 2.05) is 12.1 Å². The summed E-state index contributed by atoms with van der Waals surface area (Å²) >= 11 is 0. The second kappa shape index (κ2) is 9.36. The van der Waals surface area contributed by atoms with Crippen LogP contribution in [0.3, 0.4) is 0 Å². The minimum Gasteiger partial charge on any atom is -0.327 e. The Morgan fingerprint density at radius 3 is 2.59 bits per heavy atom. The summed E-state index contributed by atoms with van der Waals surface area (Å²) in [6.07, 6.45) is 12.2. The van der Waals surface area contributed by atoms with Gasteiger partial charge in [-0.25, -0.2) is 9.97 Å². The third kappa shape index (κ3) is 5.08. The van der Waals surface area contributed by atoms with Gasteiger partial charge in [0.05, 0.1) is 28.8 Å². The van der Waals surface area contributed by atoms with Crippen LogP contribution in [0, 0.1) is 17.8 Å². The van der Waals surface area contributed by atoms with Crippen LogP contribution >= 0.6 is 0 Å². The average Bonchev–Trinajstić information content (AvgIpc) is 3.29. The molecule has 1 fully saturated rings. The fourth-order valence-electron chi connectivity index (χ4n) is 4.66. The number of piperazine rings is 1. The molecule has 2 aliphatic rings. The number of carbonyl (C=O) groups is 1. The van der Waals surface area contributed by atoms with Crippen molar-refractivity contribution in [2.75, 3.05) is 38.5 Å². The molecule has 1 aliphatic carbocycles. The molecule has 34 heavy (non-hydrogen) atoms. The highest BCUT2D eigenvalue weighted by molar-refractivity contribution is 6.03. The van der Waals surface area contributed by atoms with Gasteiger partial charge in [0.1, 0.15) is 5.69 Å². The molecular weight excluding hydrogens is 424 g/mol. The Balaban J connectivity index is 1.68. The van der Waals surface area contributed by atoms with Crippen LogP contribution in [-0.4, -0.2) is 63.9 Å². The standard InChI is InChI=1S/C27H36N6O/c1-7-20-18-28-24(29-20)25(34)30-21-8-9-22(27(4,5)33-16-14-32(6)15-17-33)31-23(21)19-10-12-26(2,3)13-11-19/h1,8-10,18H,11-17H2,2-6H3,(H,28,29)(H,30,34). The number of terminal acetylenes is 1. The van der Waals surface area contributed by atoms with Gasteiger partial charge in [-0.3, -0.25) is 9.69 Å². The summed E-state index contributed by atoms with van der Waals surface area (Å²) in [6, 6.07) is 4.03. The maximum atomic E-state index is 12.9. The van der Waals surface area contributed by atoms with Crippen molar-refractivity contribution in [3.63, 3.8) is 0 Å². The third-order valence-corrected chi connectivity index (χ3v) is 7.29. The average molecular weight is 461 g/mol. The van der Waals surface area contributed by atoms with E-state index in [0.717, 1.165) is 56.8 Å². The summed E-state index contributed by atoms with van der Waals surface area (Å²) in [5.41, 5.74) is 4.31. The van der Waals surface area contributed by atoms with Gasteiger partial charge in [-0.2, -0.15) is 0 Å². The molecule has 2 aromatic heterocycles. The molecular formula is C27H36N6O. The minimum atomic E-state index is -0.327.